The summed E-state index contributed by atoms with van der Waals surface area (Å²) in [5, 5.41) is 7.38. The number of nitrogens with one attached hydrogen (secondary N) is 1. The first kappa shape index (κ1) is 15.2. The summed E-state index contributed by atoms with van der Waals surface area (Å²) in [7, 11) is 0. The van der Waals surface area contributed by atoms with E-state index in [9.17, 15) is 4.79 Å². The molecule has 1 aliphatic carbocycles. The molecule has 3 heterocycles. The van der Waals surface area contributed by atoms with E-state index in [1.165, 1.54) is 19.2 Å². The van der Waals surface area contributed by atoms with Crippen LogP contribution in [-0.2, 0) is 0 Å². The van der Waals surface area contributed by atoms with Crippen molar-refractivity contribution in [2.75, 3.05) is 31.1 Å². The molecular formula is C16H23N7O. The third-order valence-electron chi connectivity index (χ3n) is 4.82. The highest BCUT2D eigenvalue weighted by Gasteiger charge is 2.27. The maximum atomic E-state index is 12.4. The van der Waals surface area contributed by atoms with Crippen LogP contribution in [0.1, 0.15) is 26.2 Å². The Balaban J connectivity index is 1.34. The van der Waals surface area contributed by atoms with Gasteiger partial charge < -0.3 is 15.1 Å². The Morgan fingerprint density at radius 2 is 2.08 bits per heavy atom. The minimum absolute atomic E-state index is 0.0555. The van der Waals surface area contributed by atoms with Crippen LogP contribution in [0.4, 0.5) is 10.6 Å². The van der Waals surface area contributed by atoms with Crippen LogP contribution >= 0.6 is 0 Å². The van der Waals surface area contributed by atoms with Gasteiger partial charge in [0.15, 0.2) is 11.5 Å². The van der Waals surface area contributed by atoms with Gasteiger partial charge in [0.25, 0.3) is 0 Å². The molecule has 8 nitrogen and oxygen atoms in total. The van der Waals surface area contributed by atoms with E-state index in [1.807, 2.05) is 4.90 Å². The van der Waals surface area contributed by atoms with Gasteiger partial charge in [0.1, 0.15) is 6.33 Å². The molecule has 0 bridgehead atoms. The van der Waals surface area contributed by atoms with E-state index < -0.39 is 0 Å². The lowest BCUT2D eigenvalue weighted by Crippen LogP contribution is -2.53. The van der Waals surface area contributed by atoms with Crippen molar-refractivity contribution in [3.8, 4) is 0 Å². The van der Waals surface area contributed by atoms with E-state index in [1.54, 1.807) is 16.9 Å². The first-order chi connectivity index (χ1) is 11.7. The summed E-state index contributed by atoms with van der Waals surface area (Å²) in [4.78, 5) is 24.9. The number of carbonyl (C=O) groups excluding carboxylic acids is 1. The Kier molecular flexibility index (Phi) is 3.95. The van der Waals surface area contributed by atoms with E-state index in [2.05, 4.69) is 32.2 Å². The predicted molar refractivity (Wildman–Crippen MR) is 89.9 cm³/mol. The van der Waals surface area contributed by atoms with Crippen molar-refractivity contribution in [3.63, 3.8) is 0 Å². The summed E-state index contributed by atoms with van der Waals surface area (Å²) >= 11 is 0. The highest BCUT2D eigenvalue weighted by Crippen LogP contribution is 2.33. The standard InChI is InChI=1S/C16H23N7O/c1-12(8-13-2-3-13)20-16(24)22-6-4-21(5-7-22)15-10-17-9-14-18-11-19-23(14)15/h9-13H,2-8H2,1H3,(H,20,24). The van der Waals surface area contributed by atoms with Crippen LogP contribution < -0.4 is 10.2 Å². The number of piperazine rings is 1. The molecule has 24 heavy (non-hydrogen) atoms. The van der Waals surface area contributed by atoms with Crippen LogP contribution in [0.15, 0.2) is 18.7 Å². The molecule has 2 aromatic rings. The third kappa shape index (κ3) is 3.13. The van der Waals surface area contributed by atoms with Crippen LogP contribution in [0.2, 0.25) is 0 Å². The van der Waals surface area contributed by atoms with Gasteiger partial charge in [0.05, 0.1) is 12.4 Å². The van der Waals surface area contributed by atoms with Gasteiger partial charge in [0.2, 0.25) is 0 Å². The second-order valence-electron chi connectivity index (χ2n) is 6.80. The maximum absolute atomic E-state index is 12.4. The number of rotatable bonds is 4. The number of amides is 2. The molecule has 1 atom stereocenters. The summed E-state index contributed by atoms with van der Waals surface area (Å²) in [6.07, 6.45) is 8.77. The fourth-order valence-corrected chi connectivity index (χ4v) is 3.31. The molecule has 128 valence electrons. The highest BCUT2D eigenvalue weighted by molar-refractivity contribution is 5.74. The molecule has 1 N–H and O–H groups in total. The zero-order chi connectivity index (χ0) is 16.5. The monoisotopic (exact) mass is 329 g/mol. The molecule has 0 spiro atoms. The Morgan fingerprint density at radius 3 is 2.83 bits per heavy atom. The zero-order valence-corrected chi connectivity index (χ0v) is 13.9. The Labute approximate surface area is 140 Å². The number of carbonyl (C=O) groups is 1. The van der Waals surface area contributed by atoms with Gasteiger partial charge in [-0.2, -0.15) is 9.61 Å². The third-order valence-corrected chi connectivity index (χ3v) is 4.82. The summed E-state index contributed by atoms with van der Waals surface area (Å²) in [5.41, 5.74) is 0.738. The topological polar surface area (TPSA) is 78.7 Å². The minimum atomic E-state index is 0.0555. The Hall–Kier alpha value is -2.38. The average Bonchev–Trinajstić information content (AvgIpc) is 3.26. The van der Waals surface area contributed by atoms with E-state index in [4.69, 9.17) is 0 Å². The molecule has 2 aromatic heterocycles. The van der Waals surface area contributed by atoms with Gasteiger partial charge in [-0.25, -0.2) is 9.78 Å². The maximum Gasteiger partial charge on any atom is 0.317 e. The quantitative estimate of drug-likeness (QED) is 0.910. The first-order valence-electron chi connectivity index (χ1n) is 8.65. The zero-order valence-electron chi connectivity index (χ0n) is 13.9. The molecule has 2 amide bonds. The fourth-order valence-electron chi connectivity index (χ4n) is 3.31. The van der Waals surface area contributed by atoms with Crippen LogP contribution in [0.3, 0.4) is 0 Å². The number of urea groups is 1. The van der Waals surface area contributed by atoms with Gasteiger partial charge in [-0.15, -0.1) is 0 Å². The van der Waals surface area contributed by atoms with Crippen molar-refractivity contribution in [2.45, 2.75) is 32.2 Å². The van der Waals surface area contributed by atoms with Gasteiger partial charge in [-0.05, 0) is 19.3 Å². The van der Waals surface area contributed by atoms with Crippen molar-refractivity contribution < 1.29 is 4.79 Å². The normalized spacial score (nSPS) is 19.5. The van der Waals surface area contributed by atoms with Crippen molar-refractivity contribution >= 4 is 17.5 Å². The van der Waals surface area contributed by atoms with Crippen molar-refractivity contribution in [3.05, 3.63) is 18.7 Å². The molecular weight excluding hydrogens is 306 g/mol. The highest BCUT2D eigenvalue weighted by atomic mass is 16.2. The molecule has 1 unspecified atom stereocenters. The molecule has 2 fully saturated rings. The number of anilines is 1. The summed E-state index contributed by atoms with van der Waals surface area (Å²) in [6, 6.07) is 0.316. The molecule has 1 saturated heterocycles. The second-order valence-corrected chi connectivity index (χ2v) is 6.80. The predicted octanol–water partition coefficient (Wildman–Crippen LogP) is 1.14. The van der Waals surface area contributed by atoms with Crippen LogP contribution in [-0.4, -0.2) is 62.7 Å². The Bertz CT molecular complexity index is 718. The lowest BCUT2D eigenvalue weighted by Gasteiger charge is -2.36. The van der Waals surface area contributed by atoms with Gasteiger partial charge >= 0.3 is 6.03 Å². The Morgan fingerprint density at radius 1 is 1.29 bits per heavy atom. The van der Waals surface area contributed by atoms with E-state index in [0.717, 1.165) is 36.9 Å². The second kappa shape index (κ2) is 6.26. The lowest BCUT2D eigenvalue weighted by molar-refractivity contribution is 0.190. The molecule has 2 aliphatic rings. The number of fused-ring (bicyclic) bond motifs is 1. The van der Waals surface area contributed by atoms with E-state index in [-0.39, 0.29) is 12.1 Å². The van der Waals surface area contributed by atoms with Crippen molar-refractivity contribution in [1.29, 1.82) is 0 Å². The van der Waals surface area contributed by atoms with Crippen LogP contribution in [0, 0.1) is 5.92 Å². The number of nitrogens with zero attached hydrogens (tertiary/aromatic N) is 6. The molecule has 4 rings (SSSR count). The molecule has 8 heteroatoms. The SMILES string of the molecule is CC(CC1CC1)NC(=O)N1CCN(c2cncc3ncnn23)CC1. The molecule has 0 radical (unpaired) electrons. The van der Waals surface area contributed by atoms with Crippen LogP contribution in [0.5, 0.6) is 0 Å². The molecule has 0 aromatic carbocycles. The van der Waals surface area contributed by atoms with E-state index >= 15 is 0 Å². The van der Waals surface area contributed by atoms with Crippen molar-refractivity contribution in [1.82, 2.24) is 29.8 Å². The minimum Gasteiger partial charge on any atom is -0.352 e. The summed E-state index contributed by atoms with van der Waals surface area (Å²) in [6.45, 7) is 5.04. The van der Waals surface area contributed by atoms with Gasteiger partial charge in [-0.3, -0.25) is 4.98 Å². The number of hydrogen-bond donors (Lipinski definition) is 1. The smallest absolute Gasteiger partial charge is 0.317 e. The average molecular weight is 329 g/mol. The lowest BCUT2D eigenvalue weighted by atomic mass is 10.2. The molecule has 1 aliphatic heterocycles. The summed E-state index contributed by atoms with van der Waals surface area (Å²) in [5.74, 6) is 1.75. The summed E-state index contributed by atoms with van der Waals surface area (Å²) < 4.78 is 1.79. The van der Waals surface area contributed by atoms with Crippen LogP contribution in [0.25, 0.3) is 5.65 Å². The van der Waals surface area contributed by atoms with Gasteiger partial charge in [-0.1, -0.05) is 12.8 Å². The first-order valence-corrected chi connectivity index (χ1v) is 8.65. The number of aromatic nitrogens is 4. The number of hydrogen-bond acceptors (Lipinski definition) is 5. The van der Waals surface area contributed by atoms with E-state index in [0.29, 0.717) is 13.1 Å². The van der Waals surface area contributed by atoms with Crippen molar-refractivity contribution in [2.24, 2.45) is 5.92 Å². The largest absolute Gasteiger partial charge is 0.352 e. The molecule has 1 saturated carbocycles. The fraction of sp³-hybridized carbons (Fsp3) is 0.625. The van der Waals surface area contributed by atoms with Gasteiger partial charge in [0, 0.05) is 32.2 Å².